The van der Waals surface area contributed by atoms with Gasteiger partial charge in [0.2, 0.25) is 0 Å². The Morgan fingerprint density at radius 2 is 2.04 bits per heavy atom. The van der Waals surface area contributed by atoms with Gasteiger partial charge in [-0.15, -0.1) is 0 Å². The lowest BCUT2D eigenvalue weighted by Crippen LogP contribution is -2.40. The smallest absolute Gasteiger partial charge is 0.410 e. The number of amides is 1. The molecular formula is C20H31BrN2O2. The first-order chi connectivity index (χ1) is 11.7. The number of carbonyl (C=O) groups excluding carboxylic acids is 1. The van der Waals surface area contributed by atoms with E-state index in [0.717, 1.165) is 36.9 Å². The van der Waals surface area contributed by atoms with Crippen molar-refractivity contribution in [1.82, 2.24) is 4.90 Å². The monoisotopic (exact) mass is 410 g/mol. The fraction of sp³-hybridized carbons (Fsp3) is 0.650. The molecule has 1 aromatic carbocycles. The second-order valence-electron chi connectivity index (χ2n) is 7.72. The van der Waals surface area contributed by atoms with E-state index >= 15 is 0 Å². The third-order valence-electron chi connectivity index (χ3n) is 4.74. The van der Waals surface area contributed by atoms with Gasteiger partial charge in [-0.25, -0.2) is 4.79 Å². The maximum absolute atomic E-state index is 12.4. The zero-order valence-electron chi connectivity index (χ0n) is 16.4. The maximum Gasteiger partial charge on any atom is 0.410 e. The Kier molecular flexibility index (Phi) is 6.41. The molecule has 4 nitrogen and oxygen atoms in total. The predicted octanol–water partition coefficient (Wildman–Crippen LogP) is 5.16. The number of likely N-dealkylation sites (tertiary alicyclic amines) is 1. The molecule has 1 aliphatic heterocycles. The van der Waals surface area contributed by atoms with E-state index in [-0.39, 0.29) is 6.09 Å². The highest BCUT2D eigenvalue weighted by molar-refractivity contribution is 9.10. The first-order valence-corrected chi connectivity index (χ1v) is 9.99. The van der Waals surface area contributed by atoms with Crippen molar-refractivity contribution in [2.24, 2.45) is 0 Å². The molecule has 1 fully saturated rings. The number of ether oxygens (including phenoxy) is 1. The number of rotatable bonds is 4. The van der Waals surface area contributed by atoms with Gasteiger partial charge >= 0.3 is 6.09 Å². The van der Waals surface area contributed by atoms with Crippen LogP contribution in [0.5, 0.6) is 0 Å². The van der Waals surface area contributed by atoms with Gasteiger partial charge in [0, 0.05) is 35.8 Å². The molecule has 1 saturated heterocycles. The average molecular weight is 411 g/mol. The van der Waals surface area contributed by atoms with E-state index in [2.05, 4.69) is 53.7 Å². The van der Waals surface area contributed by atoms with Gasteiger partial charge in [-0.3, -0.25) is 0 Å². The molecule has 0 saturated carbocycles. The highest BCUT2D eigenvalue weighted by atomic mass is 79.9. The SMILES string of the molecule is CCc1cc(Br)cc(N(CC)C2CCN(C(=O)OC(C)(C)C)C2)c1C. The Hall–Kier alpha value is -1.23. The van der Waals surface area contributed by atoms with Gasteiger partial charge in [0.05, 0.1) is 0 Å². The minimum atomic E-state index is -0.448. The Morgan fingerprint density at radius 1 is 1.36 bits per heavy atom. The summed E-state index contributed by atoms with van der Waals surface area (Å²) in [6.45, 7) is 14.7. The van der Waals surface area contributed by atoms with Crippen molar-refractivity contribution in [3.05, 3.63) is 27.7 Å². The number of nitrogens with zero attached hydrogens (tertiary/aromatic N) is 2. The molecule has 0 spiro atoms. The number of aryl methyl sites for hydroxylation is 1. The van der Waals surface area contributed by atoms with Gasteiger partial charge in [-0.05, 0) is 70.7 Å². The summed E-state index contributed by atoms with van der Waals surface area (Å²) >= 11 is 3.65. The third-order valence-corrected chi connectivity index (χ3v) is 5.20. The number of hydrogen-bond acceptors (Lipinski definition) is 3. The Morgan fingerprint density at radius 3 is 2.60 bits per heavy atom. The van der Waals surface area contributed by atoms with Crippen LogP contribution >= 0.6 is 15.9 Å². The Labute approximate surface area is 160 Å². The largest absolute Gasteiger partial charge is 0.444 e. The van der Waals surface area contributed by atoms with Crippen LogP contribution in [-0.2, 0) is 11.2 Å². The molecule has 1 aromatic rings. The van der Waals surface area contributed by atoms with Gasteiger partial charge in [0.15, 0.2) is 0 Å². The van der Waals surface area contributed by atoms with E-state index in [1.54, 1.807) is 0 Å². The van der Waals surface area contributed by atoms with Crippen LogP contribution in [0, 0.1) is 6.92 Å². The quantitative estimate of drug-likeness (QED) is 0.687. The molecule has 140 valence electrons. The molecule has 0 radical (unpaired) electrons. The average Bonchev–Trinajstić information content (AvgIpc) is 2.99. The minimum absolute atomic E-state index is 0.203. The third kappa shape index (κ3) is 4.90. The maximum atomic E-state index is 12.4. The van der Waals surface area contributed by atoms with Crippen molar-refractivity contribution in [3.8, 4) is 0 Å². The number of anilines is 1. The van der Waals surface area contributed by atoms with E-state index in [9.17, 15) is 4.79 Å². The molecule has 0 bridgehead atoms. The molecule has 0 aromatic heterocycles. The highest BCUT2D eigenvalue weighted by Crippen LogP contribution is 2.32. The van der Waals surface area contributed by atoms with Crippen molar-refractivity contribution in [2.45, 2.75) is 66.0 Å². The fourth-order valence-corrected chi connectivity index (χ4v) is 3.99. The van der Waals surface area contributed by atoms with E-state index in [1.807, 2.05) is 25.7 Å². The molecule has 1 atom stereocenters. The number of benzene rings is 1. The number of likely N-dealkylation sites (N-methyl/N-ethyl adjacent to an activating group) is 1. The zero-order chi connectivity index (χ0) is 18.8. The standard InChI is InChI=1S/C20H31BrN2O2/c1-7-15-11-16(21)12-18(14(15)3)23(8-2)17-9-10-22(13-17)19(24)25-20(4,5)6/h11-12,17H,7-10,13H2,1-6H3. The van der Waals surface area contributed by atoms with Gasteiger partial charge < -0.3 is 14.5 Å². The summed E-state index contributed by atoms with van der Waals surface area (Å²) in [5.41, 5.74) is 3.52. The van der Waals surface area contributed by atoms with E-state index in [4.69, 9.17) is 4.74 Å². The second-order valence-corrected chi connectivity index (χ2v) is 8.63. The second kappa shape index (κ2) is 7.98. The summed E-state index contributed by atoms with van der Waals surface area (Å²) in [6, 6.07) is 4.73. The Bertz CT molecular complexity index is 625. The van der Waals surface area contributed by atoms with Crippen LogP contribution in [0.1, 0.15) is 52.2 Å². The van der Waals surface area contributed by atoms with Crippen LogP contribution in [0.3, 0.4) is 0 Å². The lowest BCUT2D eigenvalue weighted by molar-refractivity contribution is 0.0292. The van der Waals surface area contributed by atoms with Crippen LogP contribution in [0.4, 0.5) is 10.5 Å². The molecule has 5 heteroatoms. The molecule has 0 aliphatic carbocycles. The molecule has 1 amide bonds. The van der Waals surface area contributed by atoms with Crippen molar-refractivity contribution >= 4 is 27.7 Å². The van der Waals surface area contributed by atoms with Gasteiger partial charge in [0.25, 0.3) is 0 Å². The molecule has 1 heterocycles. The number of carbonyl (C=O) groups is 1. The summed E-state index contributed by atoms with van der Waals surface area (Å²) in [7, 11) is 0. The van der Waals surface area contributed by atoms with E-state index in [1.165, 1.54) is 16.8 Å². The topological polar surface area (TPSA) is 32.8 Å². The van der Waals surface area contributed by atoms with Crippen LogP contribution in [-0.4, -0.2) is 42.3 Å². The highest BCUT2D eigenvalue weighted by Gasteiger charge is 2.33. The molecule has 2 rings (SSSR count). The lowest BCUT2D eigenvalue weighted by Gasteiger charge is -2.32. The van der Waals surface area contributed by atoms with Crippen molar-refractivity contribution in [2.75, 3.05) is 24.5 Å². The van der Waals surface area contributed by atoms with Crippen LogP contribution < -0.4 is 4.90 Å². The Balaban J connectivity index is 2.18. The molecule has 0 N–H and O–H groups in total. The predicted molar refractivity (Wildman–Crippen MR) is 107 cm³/mol. The lowest BCUT2D eigenvalue weighted by atomic mass is 10.0. The van der Waals surface area contributed by atoms with Gasteiger partial charge in [0.1, 0.15) is 5.60 Å². The molecule has 25 heavy (non-hydrogen) atoms. The van der Waals surface area contributed by atoms with Crippen LogP contribution in [0.25, 0.3) is 0 Å². The van der Waals surface area contributed by atoms with Gasteiger partial charge in [-0.1, -0.05) is 22.9 Å². The van der Waals surface area contributed by atoms with Crippen LogP contribution in [0.15, 0.2) is 16.6 Å². The summed E-state index contributed by atoms with van der Waals surface area (Å²) in [5.74, 6) is 0. The minimum Gasteiger partial charge on any atom is -0.444 e. The normalized spacial score (nSPS) is 17.7. The van der Waals surface area contributed by atoms with Crippen LogP contribution in [0.2, 0.25) is 0 Å². The number of hydrogen-bond donors (Lipinski definition) is 0. The zero-order valence-corrected chi connectivity index (χ0v) is 17.9. The first kappa shape index (κ1) is 20.1. The summed E-state index contributed by atoms with van der Waals surface area (Å²) in [4.78, 5) is 16.6. The first-order valence-electron chi connectivity index (χ1n) is 9.19. The summed E-state index contributed by atoms with van der Waals surface area (Å²) in [6.07, 6.45) is 1.79. The molecule has 1 unspecified atom stereocenters. The summed E-state index contributed by atoms with van der Waals surface area (Å²) < 4.78 is 6.65. The van der Waals surface area contributed by atoms with E-state index in [0.29, 0.717) is 6.04 Å². The molecule has 1 aliphatic rings. The van der Waals surface area contributed by atoms with Crippen molar-refractivity contribution < 1.29 is 9.53 Å². The van der Waals surface area contributed by atoms with Crippen molar-refractivity contribution in [3.63, 3.8) is 0 Å². The summed E-state index contributed by atoms with van der Waals surface area (Å²) in [5, 5.41) is 0. The van der Waals surface area contributed by atoms with E-state index < -0.39 is 5.60 Å². The van der Waals surface area contributed by atoms with Crippen molar-refractivity contribution in [1.29, 1.82) is 0 Å². The van der Waals surface area contributed by atoms with Gasteiger partial charge in [-0.2, -0.15) is 0 Å². The number of halogens is 1. The molecular weight excluding hydrogens is 380 g/mol. The fourth-order valence-electron chi connectivity index (χ4n) is 3.50.